The molecule has 0 aliphatic heterocycles. The summed E-state index contributed by atoms with van der Waals surface area (Å²) in [5.74, 6) is -0.583. The van der Waals surface area contributed by atoms with Crippen molar-refractivity contribution in [3.8, 4) is 5.75 Å². The van der Waals surface area contributed by atoms with E-state index in [-0.39, 0.29) is 50.2 Å². The fraction of sp³-hybridized carbons (Fsp3) is 0.143. The van der Waals surface area contributed by atoms with Crippen LogP contribution in [0.25, 0.3) is 0 Å². The van der Waals surface area contributed by atoms with Gasteiger partial charge in [0.1, 0.15) is 16.4 Å². The monoisotopic (exact) mass is 556 g/mol. The van der Waals surface area contributed by atoms with Crippen LogP contribution in [0.15, 0.2) is 40.8 Å². The van der Waals surface area contributed by atoms with Crippen LogP contribution in [0.1, 0.15) is 25.6 Å². The van der Waals surface area contributed by atoms with Crippen molar-refractivity contribution in [3.63, 3.8) is 0 Å². The van der Waals surface area contributed by atoms with Crippen molar-refractivity contribution < 1.29 is 19.5 Å². The Hall–Kier alpha value is -3.09. The Balaban J connectivity index is 1.87. The molecule has 2 amide bonds. The minimum atomic E-state index is -0.582. The van der Waals surface area contributed by atoms with Crippen LogP contribution in [0.4, 0.5) is 11.5 Å². The van der Waals surface area contributed by atoms with Crippen molar-refractivity contribution in [1.82, 2.24) is 15.8 Å². The van der Waals surface area contributed by atoms with Crippen LogP contribution >= 0.6 is 46.1 Å². The summed E-state index contributed by atoms with van der Waals surface area (Å²) in [5, 5.41) is 19.7. The zero-order chi connectivity index (χ0) is 25.5. The molecule has 0 saturated heterocycles. The van der Waals surface area contributed by atoms with Crippen molar-refractivity contribution in [1.29, 1.82) is 0 Å². The number of amides is 2. The number of anilines is 2. The first-order valence-electron chi connectivity index (χ1n) is 9.75. The highest BCUT2D eigenvalue weighted by molar-refractivity contribution is 7.13. The van der Waals surface area contributed by atoms with E-state index in [4.69, 9.17) is 44.7 Å². The number of nitrogens with one attached hydrogen (secondary N) is 4. The summed E-state index contributed by atoms with van der Waals surface area (Å²) >= 11 is 19.5. The first-order chi connectivity index (χ1) is 16.8. The van der Waals surface area contributed by atoms with Gasteiger partial charge in [0, 0.05) is 36.4 Å². The van der Waals surface area contributed by atoms with E-state index in [1.807, 2.05) is 5.48 Å². The summed E-state index contributed by atoms with van der Waals surface area (Å²) in [6.07, 6.45) is 1.38. The lowest BCUT2D eigenvalue weighted by molar-refractivity contribution is 0.102. The van der Waals surface area contributed by atoms with Crippen LogP contribution in [0.2, 0.25) is 15.1 Å². The molecule has 0 radical (unpaired) electrons. The zero-order valence-corrected chi connectivity index (χ0v) is 21.4. The molecule has 2 heterocycles. The third-order valence-electron chi connectivity index (χ3n) is 4.52. The fourth-order valence-electron chi connectivity index (χ4n) is 2.85. The molecule has 3 aromatic rings. The normalized spacial score (nSPS) is 11.1. The second-order valence-electron chi connectivity index (χ2n) is 6.74. The summed E-state index contributed by atoms with van der Waals surface area (Å²) in [7, 11) is 2.86. The predicted molar refractivity (Wildman–Crippen MR) is 138 cm³/mol. The van der Waals surface area contributed by atoms with E-state index in [0.29, 0.717) is 10.6 Å². The lowest BCUT2D eigenvalue weighted by Crippen LogP contribution is -2.34. The Bertz CT molecular complexity index is 1270. The molecule has 184 valence electrons. The van der Waals surface area contributed by atoms with Gasteiger partial charge in [0.25, 0.3) is 11.8 Å². The van der Waals surface area contributed by atoms with Gasteiger partial charge in [-0.1, -0.05) is 34.8 Å². The molecule has 14 heteroatoms. The number of pyridine rings is 1. The van der Waals surface area contributed by atoms with Crippen LogP contribution in [-0.2, 0) is 6.54 Å². The van der Waals surface area contributed by atoms with E-state index in [0.717, 1.165) is 11.3 Å². The number of guanidine groups is 1. The van der Waals surface area contributed by atoms with E-state index in [2.05, 4.69) is 25.9 Å². The van der Waals surface area contributed by atoms with Crippen LogP contribution in [-0.4, -0.2) is 42.1 Å². The number of aromatic nitrogens is 1. The number of methoxy groups -OCH3 is 1. The number of carbonyl (C=O) groups excluding carboxylic acids is 2. The Labute approximate surface area is 219 Å². The number of rotatable bonds is 7. The van der Waals surface area contributed by atoms with Crippen LogP contribution in [0, 0.1) is 0 Å². The SMILES string of the molecule is CN=C(NO)NCc1csc(C(=O)Nc2c(OC)cc(Cl)cc2C(=O)Nc2ccc(Cl)cn2)c1Cl. The van der Waals surface area contributed by atoms with Gasteiger partial charge in [-0.25, -0.2) is 10.5 Å². The first-order valence-corrected chi connectivity index (χ1v) is 11.8. The van der Waals surface area contributed by atoms with E-state index < -0.39 is 11.8 Å². The molecular weight excluding hydrogens is 539 g/mol. The Morgan fingerprint density at radius 2 is 1.91 bits per heavy atom. The van der Waals surface area contributed by atoms with Gasteiger partial charge in [-0.3, -0.25) is 19.8 Å². The van der Waals surface area contributed by atoms with Crippen molar-refractivity contribution in [2.45, 2.75) is 6.54 Å². The molecular formula is C21H19Cl3N6O4S. The average molecular weight is 558 g/mol. The molecule has 1 aromatic carbocycles. The highest BCUT2D eigenvalue weighted by Crippen LogP contribution is 2.35. The van der Waals surface area contributed by atoms with E-state index in [9.17, 15) is 9.59 Å². The third kappa shape index (κ3) is 6.53. The largest absolute Gasteiger partial charge is 0.494 e. The minimum Gasteiger partial charge on any atom is -0.494 e. The van der Waals surface area contributed by atoms with Gasteiger partial charge in [0.2, 0.25) is 5.96 Å². The molecule has 3 rings (SSSR count). The highest BCUT2D eigenvalue weighted by Gasteiger charge is 2.23. The average Bonchev–Trinajstić information content (AvgIpc) is 3.22. The topological polar surface area (TPSA) is 137 Å². The first kappa shape index (κ1) is 26.5. The molecule has 0 atom stereocenters. The van der Waals surface area contributed by atoms with Crippen molar-refractivity contribution >= 4 is 75.4 Å². The number of hydroxylamine groups is 1. The Morgan fingerprint density at radius 1 is 1.14 bits per heavy atom. The number of halogens is 3. The number of thiophene rings is 1. The van der Waals surface area contributed by atoms with E-state index in [1.165, 1.54) is 38.6 Å². The van der Waals surface area contributed by atoms with Gasteiger partial charge in [-0.05, 0) is 23.6 Å². The maximum absolute atomic E-state index is 13.1. The van der Waals surface area contributed by atoms with Gasteiger partial charge in [0.15, 0.2) is 0 Å². The molecule has 0 saturated carbocycles. The molecule has 0 spiro atoms. The van der Waals surface area contributed by atoms with Gasteiger partial charge in [-0.15, -0.1) is 11.3 Å². The zero-order valence-electron chi connectivity index (χ0n) is 18.3. The third-order valence-corrected chi connectivity index (χ3v) is 6.53. The summed E-state index contributed by atoms with van der Waals surface area (Å²) in [6.45, 7) is 0.203. The molecule has 5 N–H and O–H groups in total. The van der Waals surface area contributed by atoms with Crippen molar-refractivity contribution in [2.24, 2.45) is 4.99 Å². The maximum atomic E-state index is 13.1. The minimum absolute atomic E-state index is 0.0480. The number of hydrogen-bond acceptors (Lipinski definition) is 7. The lowest BCUT2D eigenvalue weighted by Gasteiger charge is -2.15. The molecule has 0 bridgehead atoms. The molecule has 2 aromatic heterocycles. The lowest BCUT2D eigenvalue weighted by atomic mass is 10.1. The summed E-state index contributed by atoms with van der Waals surface area (Å²) in [4.78, 5) is 34.1. The second kappa shape index (κ2) is 12.0. The number of hydrogen-bond donors (Lipinski definition) is 5. The van der Waals surface area contributed by atoms with Crippen LogP contribution in [0.5, 0.6) is 5.75 Å². The van der Waals surface area contributed by atoms with Crippen molar-refractivity contribution in [3.05, 3.63) is 66.9 Å². The fourth-order valence-corrected chi connectivity index (χ4v) is 4.43. The smallest absolute Gasteiger partial charge is 0.267 e. The van der Waals surface area contributed by atoms with Gasteiger partial charge >= 0.3 is 0 Å². The number of nitrogens with zero attached hydrogens (tertiary/aromatic N) is 2. The molecule has 10 nitrogen and oxygen atoms in total. The molecule has 0 aliphatic rings. The van der Waals surface area contributed by atoms with Crippen molar-refractivity contribution in [2.75, 3.05) is 24.8 Å². The number of ether oxygens (including phenoxy) is 1. The Morgan fingerprint density at radius 3 is 2.54 bits per heavy atom. The summed E-state index contributed by atoms with van der Waals surface area (Å²) in [6, 6.07) is 5.96. The molecule has 35 heavy (non-hydrogen) atoms. The quantitative estimate of drug-likeness (QED) is 0.162. The molecule has 0 unspecified atom stereocenters. The van der Waals surface area contributed by atoms with Gasteiger partial charge in [-0.2, -0.15) is 0 Å². The van der Waals surface area contributed by atoms with Gasteiger partial charge in [0.05, 0.1) is 28.4 Å². The number of aliphatic imine (C=N–C) groups is 1. The van der Waals surface area contributed by atoms with Gasteiger partial charge < -0.3 is 20.7 Å². The van der Waals surface area contributed by atoms with E-state index in [1.54, 1.807) is 11.4 Å². The Kier molecular flexibility index (Phi) is 9.13. The summed E-state index contributed by atoms with van der Waals surface area (Å²) < 4.78 is 5.35. The summed E-state index contributed by atoms with van der Waals surface area (Å²) in [5.41, 5.74) is 2.66. The van der Waals surface area contributed by atoms with Crippen LogP contribution in [0.3, 0.4) is 0 Å². The number of carbonyl (C=O) groups is 2. The predicted octanol–water partition coefficient (Wildman–Crippen LogP) is 4.67. The molecule has 0 fully saturated rings. The second-order valence-corrected chi connectivity index (χ2v) is 8.87. The number of benzene rings is 1. The standard InChI is InChI=1S/C21H19Cl3N6O4S/c1-25-21(30-33)27-7-10-9-35-18(16(10)24)20(32)29-17-13(5-12(23)6-14(17)34-2)19(31)28-15-4-3-11(22)8-26-15/h3-6,8-9,33H,7H2,1-2H3,(H,29,32)(H2,25,27,30)(H,26,28,31). The van der Waals surface area contributed by atoms with E-state index >= 15 is 0 Å². The molecule has 0 aliphatic carbocycles. The highest BCUT2D eigenvalue weighted by atomic mass is 35.5. The van der Waals surface area contributed by atoms with Crippen LogP contribution < -0.4 is 26.2 Å². The maximum Gasteiger partial charge on any atom is 0.267 e.